The Morgan fingerprint density at radius 2 is 2.09 bits per heavy atom. The lowest BCUT2D eigenvalue weighted by Gasteiger charge is -2.21. The first kappa shape index (κ1) is 15.6. The molecule has 10 nitrogen and oxygen atoms in total. The quantitative estimate of drug-likeness (QED) is 0.701. The predicted octanol–water partition coefficient (Wildman–Crippen LogP) is -0.491. The highest BCUT2D eigenvalue weighted by atomic mass is 16.6. The fourth-order valence-corrected chi connectivity index (χ4v) is 2.79. The number of ether oxygens (including phenoxy) is 4. The summed E-state index contributed by atoms with van der Waals surface area (Å²) >= 11 is 0. The maximum atomic E-state index is 10.4. The number of carbonyl (C=O) groups excluding carboxylic acids is 1. The molecular formula is C13H17N5O5. The van der Waals surface area contributed by atoms with Crippen molar-refractivity contribution >= 4 is 23.5 Å². The zero-order chi connectivity index (χ0) is 16.4. The minimum absolute atomic E-state index is 0.0577. The van der Waals surface area contributed by atoms with Crippen molar-refractivity contribution in [2.45, 2.75) is 24.5 Å². The summed E-state index contributed by atoms with van der Waals surface area (Å²) in [6.45, 7) is 0.424. The van der Waals surface area contributed by atoms with Gasteiger partial charge in [-0.15, -0.1) is 0 Å². The van der Waals surface area contributed by atoms with Crippen LogP contribution < -0.4 is 5.73 Å². The Balaban J connectivity index is 1.96. The van der Waals surface area contributed by atoms with E-state index in [2.05, 4.69) is 15.0 Å². The Bertz CT molecular complexity index is 692. The van der Waals surface area contributed by atoms with Crippen molar-refractivity contribution in [1.82, 2.24) is 19.5 Å². The van der Waals surface area contributed by atoms with E-state index >= 15 is 0 Å². The summed E-state index contributed by atoms with van der Waals surface area (Å²) < 4.78 is 23.4. The number of hydrogen-bond acceptors (Lipinski definition) is 9. The largest absolute Gasteiger partial charge is 0.465 e. The van der Waals surface area contributed by atoms with Gasteiger partial charge in [-0.2, -0.15) is 0 Å². The van der Waals surface area contributed by atoms with Crippen molar-refractivity contribution < 1.29 is 23.7 Å². The zero-order valence-corrected chi connectivity index (χ0v) is 12.7. The molecule has 0 saturated carbocycles. The number of nitrogens with two attached hydrogens (primary N) is 1. The maximum Gasteiger partial charge on any atom is 0.293 e. The second-order valence-electron chi connectivity index (χ2n) is 4.98. The first-order chi connectivity index (χ1) is 11.2. The van der Waals surface area contributed by atoms with Gasteiger partial charge in [-0.3, -0.25) is 9.36 Å². The van der Waals surface area contributed by atoms with Crippen molar-refractivity contribution in [3.8, 4) is 0 Å². The molecule has 3 heterocycles. The summed E-state index contributed by atoms with van der Waals surface area (Å²) in [6, 6.07) is 0. The standard InChI is InChI=1S/C13H17N5O5/c1-20-9-7(3-22-6-19)23-13(10(9)21-2)18-5-17-8-11(14)15-4-16-12(8)18/h4-7,9-10,13H,3H2,1-2H3,(H2,14,15,16). The van der Waals surface area contributed by atoms with Gasteiger partial charge in [0.2, 0.25) is 0 Å². The molecule has 2 aromatic rings. The fraction of sp³-hybridized carbons (Fsp3) is 0.538. The minimum Gasteiger partial charge on any atom is -0.465 e. The van der Waals surface area contributed by atoms with E-state index in [0.29, 0.717) is 17.6 Å². The van der Waals surface area contributed by atoms with Crippen LogP contribution >= 0.6 is 0 Å². The van der Waals surface area contributed by atoms with Crippen LogP contribution in [0.25, 0.3) is 11.2 Å². The summed E-state index contributed by atoms with van der Waals surface area (Å²) in [5.41, 5.74) is 6.80. The molecule has 0 aromatic carbocycles. The molecule has 0 amide bonds. The topological polar surface area (TPSA) is 124 Å². The van der Waals surface area contributed by atoms with Gasteiger partial charge in [0.25, 0.3) is 6.47 Å². The Morgan fingerprint density at radius 3 is 2.78 bits per heavy atom. The molecule has 0 radical (unpaired) electrons. The van der Waals surface area contributed by atoms with E-state index in [1.54, 1.807) is 25.1 Å². The van der Waals surface area contributed by atoms with Crippen LogP contribution in [0.3, 0.4) is 0 Å². The van der Waals surface area contributed by atoms with E-state index in [0.717, 1.165) is 0 Å². The highest BCUT2D eigenvalue weighted by Crippen LogP contribution is 2.35. The van der Waals surface area contributed by atoms with E-state index in [-0.39, 0.29) is 12.4 Å². The zero-order valence-electron chi connectivity index (χ0n) is 12.7. The summed E-state index contributed by atoms with van der Waals surface area (Å²) in [4.78, 5) is 22.8. The van der Waals surface area contributed by atoms with Gasteiger partial charge >= 0.3 is 0 Å². The lowest BCUT2D eigenvalue weighted by molar-refractivity contribution is -0.135. The number of anilines is 1. The first-order valence-corrected chi connectivity index (χ1v) is 6.90. The number of aromatic nitrogens is 4. The molecule has 3 rings (SSSR count). The van der Waals surface area contributed by atoms with Crippen molar-refractivity contribution in [1.29, 1.82) is 0 Å². The number of methoxy groups -OCH3 is 2. The van der Waals surface area contributed by atoms with E-state index in [1.165, 1.54) is 6.33 Å². The number of nitrogen functional groups attached to an aromatic ring is 1. The number of rotatable bonds is 6. The molecule has 2 aromatic heterocycles. The summed E-state index contributed by atoms with van der Waals surface area (Å²) in [5, 5.41) is 0. The molecule has 124 valence electrons. The van der Waals surface area contributed by atoms with Crippen molar-refractivity contribution in [3.63, 3.8) is 0 Å². The van der Waals surface area contributed by atoms with Crippen molar-refractivity contribution in [3.05, 3.63) is 12.7 Å². The smallest absolute Gasteiger partial charge is 0.293 e. The predicted molar refractivity (Wildman–Crippen MR) is 77.3 cm³/mol. The van der Waals surface area contributed by atoms with E-state index < -0.39 is 24.5 Å². The monoisotopic (exact) mass is 323 g/mol. The number of carbonyl (C=O) groups is 1. The molecule has 23 heavy (non-hydrogen) atoms. The van der Waals surface area contributed by atoms with Crippen LogP contribution in [0.5, 0.6) is 0 Å². The molecule has 1 fully saturated rings. The van der Waals surface area contributed by atoms with Gasteiger partial charge in [-0.1, -0.05) is 0 Å². The van der Waals surface area contributed by atoms with Crippen LogP contribution in [0.1, 0.15) is 6.23 Å². The molecule has 2 N–H and O–H groups in total. The van der Waals surface area contributed by atoms with Crippen LogP contribution in [-0.4, -0.2) is 65.1 Å². The van der Waals surface area contributed by atoms with Crippen LogP contribution in [0.15, 0.2) is 12.7 Å². The third-order valence-corrected chi connectivity index (χ3v) is 3.82. The third kappa shape index (κ3) is 2.60. The molecule has 4 unspecified atom stereocenters. The third-order valence-electron chi connectivity index (χ3n) is 3.82. The van der Waals surface area contributed by atoms with Crippen LogP contribution in [0.4, 0.5) is 5.82 Å². The molecule has 0 aliphatic carbocycles. The number of imidazole rings is 1. The molecule has 1 aliphatic rings. The van der Waals surface area contributed by atoms with Gasteiger partial charge < -0.3 is 24.7 Å². The van der Waals surface area contributed by atoms with Gasteiger partial charge in [0.1, 0.15) is 36.8 Å². The van der Waals surface area contributed by atoms with Crippen LogP contribution in [0.2, 0.25) is 0 Å². The van der Waals surface area contributed by atoms with E-state index in [9.17, 15) is 4.79 Å². The molecule has 0 spiro atoms. The van der Waals surface area contributed by atoms with Gasteiger partial charge in [-0.05, 0) is 0 Å². The molecule has 1 saturated heterocycles. The lowest BCUT2D eigenvalue weighted by Crippen LogP contribution is -2.37. The van der Waals surface area contributed by atoms with Gasteiger partial charge in [0, 0.05) is 14.2 Å². The van der Waals surface area contributed by atoms with Gasteiger partial charge in [0.05, 0.1) is 6.33 Å². The highest BCUT2D eigenvalue weighted by Gasteiger charge is 2.47. The first-order valence-electron chi connectivity index (χ1n) is 6.90. The van der Waals surface area contributed by atoms with Gasteiger partial charge in [0.15, 0.2) is 17.7 Å². The lowest BCUT2D eigenvalue weighted by atomic mass is 10.1. The highest BCUT2D eigenvalue weighted by molar-refractivity contribution is 5.81. The normalized spacial score (nSPS) is 27.4. The summed E-state index contributed by atoms with van der Waals surface area (Å²) in [6.07, 6.45) is 1.03. The molecular weight excluding hydrogens is 306 g/mol. The Hall–Kier alpha value is -2.30. The average molecular weight is 323 g/mol. The van der Waals surface area contributed by atoms with Crippen LogP contribution in [0, 0.1) is 0 Å². The molecule has 4 atom stereocenters. The Labute approximate surface area is 131 Å². The molecule has 1 aliphatic heterocycles. The van der Waals surface area contributed by atoms with E-state index in [4.69, 9.17) is 24.7 Å². The second kappa shape index (κ2) is 6.44. The number of nitrogens with zero attached hydrogens (tertiary/aromatic N) is 4. The van der Waals surface area contributed by atoms with Crippen molar-refractivity contribution in [2.24, 2.45) is 0 Å². The summed E-state index contributed by atoms with van der Waals surface area (Å²) in [7, 11) is 3.10. The molecule has 10 heteroatoms. The minimum atomic E-state index is -0.551. The van der Waals surface area contributed by atoms with E-state index in [1.807, 2.05) is 0 Å². The number of fused-ring (bicyclic) bond motifs is 1. The SMILES string of the molecule is COC1C(COC=O)OC(n2cnc3c(N)ncnc32)C1OC. The summed E-state index contributed by atoms with van der Waals surface area (Å²) in [5.74, 6) is 0.282. The average Bonchev–Trinajstić information content (AvgIpc) is 3.13. The molecule has 0 bridgehead atoms. The maximum absolute atomic E-state index is 10.4. The Morgan fingerprint density at radius 1 is 1.30 bits per heavy atom. The van der Waals surface area contributed by atoms with Gasteiger partial charge in [-0.25, -0.2) is 15.0 Å². The number of hydrogen-bond donors (Lipinski definition) is 1. The van der Waals surface area contributed by atoms with Crippen LogP contribution in [-0.2, 0) is 23.7 Å². The fourth-order valence-electron chi connectivity index (χ4n) is 2.79. The Kier molecular flexibility index (Phi) is 4.37. The van der Waals surface area contributed by atoms with Crippen molar-refractivity contribution in [2.75, 3.05) is 26.6 Å². The second-order valence-corrected chi connectivity index (χ2v) is 4.98.